The van der Waals surface area contributed by atoms with Gasteiger partial charge in [-0.25, -0.2) is 0 Å². The van der Waals surface area contributed by atoms with E-state index in [1.165, 1.54) is 0 Å². The standard InChI is InChI=1S/C21H28N4O/c1-20(2,3)16-11-14(12-17(18(16)26)21(4,5)6)13-24-25-19(22)15-7-9-23-10-8-15/h7-13,26H,1-6H3,(H2,22,25)/b24-13+. The Kier molecular flexibility index (Phi) is 5.50. The van der Waals surface area contributed by atoms with E-state index in [-0.39, 0.29) is 10.8 Å². The summed E-state index contributed by atoms with van der Waals surface area (Å²) in [5.41, 5.74) is 9.00. The zero-order chi connectivity index (χ0) is 19.5. The van der Waals surface area contributed by atoms with Crippen molar-refractivity contribution < 1.29 is 5.11 Å². The van der Waals surface area contributed by atoms with Crippen molar-refractivity contribution in [2.24, 2.45) is 15.9 Å². The number of aromatic nitrogens is 1. The number of benzene rings is 1. The van der Waals surface area contributed by atoms with Crippen LogP contribution in [0.2, 0.25) is 0 Å². The Bertz CT molecular complexity index is 790. The molecule has 2 rings (SSSR count). The maximum absolute atomic E-state index is 10.7. The molecule has 0 unspecified atom stereocenters. The first-order valence-electron chi connectivity index (χ1n) is 8.65. The van der Waals surface area contributed by atoms with E-state index < -0.39 is 0 Å². The van der Waals surface area contributed by atoms with Gasteiger partial charge < -0.3 is 10.8 Å². The fraction of sp³-hybridized carbons (Fsp3) is 0.381. The van der Waals surface area contributed by atoms with Gasteiger partial charge in [-0.1, -0.05) is 41.5 Å². The van der Waals surface area contributed by atoms with Gasteiger partial charge in [-0.3, -0.25) is 4.98 Å². The maximum Gasteiger partial charge on any atom is 0.153 e. The molecule has 5 nitrogen and oxygen atoms in total. The monoisotopic (exact) mass is 352 g/mol. The van der Waals surface area contributed by atoms with Crippen molar-refractivity contribution in [2.75, 3.05) is 0 Å². The minimum atomic E-state index is -0.187. The number of hydrogen-bond acceptors (Lipinski definition) is 4. The number of aromatic hydroxyl groups is 1. The molecule has 0 atom stereocenters. The highest BCUT2D eigenvalue weighted by atomic mass is 16.3. The third-order valence-electron chi connectivity index (χ3n) is 4.10. The first-order valence-corrected chi connectivity index (χ1v) is 8.65. The summed E-state index contributed by atoms with van der Waals surface area (Å²) in [6.45, 7) is 12.5. The van der Waals surface area contributed by atoms with Crippen LogP contribution >= 0.6 is 0 Å². The number of nitrogens with zero attached hydrogens (tertiary/aromatic N) is 3. The molecule has 0 bridgehead atoms. The van der Waals surface area contributed by atoms with Gasteiger partial charge in [-0.05, 0) is 40.7 Å². The number of phenols is 1. The van der Waals surface area contributed by atoms with Gasteiger partial charge in [0.25, 0.3) is 0 Å². The van der Waals surface area contributed by atoms with Crippen LogP contribution in [0.4, 0.5) is 0 Å². The molecule has 1 aromatic heterocycles. The first kappa shape index (κ1) is 19.6. The summed E-state index contributed by atoms with van der Waals surface area (Å²) >= 11 is 0. The van der Waals surface area contributed by atoms with Crippen molar-refractivity contribution in [1.29, 1.82) is 0 Å². The van der Waals surface area contributed by atoms with E-state index in [0.29, 0.717) is 11.6 Å². The predicted octanol–water partition coefficient (Wildman–Crippen LogP) is 4.12. The van der Waals surface area contributed by atoms with E-state index in [2.05, 4.69) is 56.7 Å². The van der Waals surface area contributed by atoms with Gasteiger partial charge >= 0.3 is 0 Å². The molecule has 0 amide bonds. The van der Waals surface area contributed by atoms with Crippen LogP contribution in [0.3, 0.4) is 0 Å². The normalized spacial score (nSPS) is 13.4. The van der Waals surface area contributed by atoms with Gasteiger partial charge in [0.05, 0.1) is 6.21 Å². The molecule has 1 aromatic carbocycles. The second-order valence-electron chi connectivity index (χ2n) is 8.43. The lowest BCUT2D eigenvalue weighted by Gasteiger charge is -2.27. The minimum absolute atomic E-state index is 0.187. The summed E-state index contributed by atoms with van der Waals surface area (Å²) in [6.07, 6.45) is 4.98. The molecule has 0 spiro atoms. The Labute approximate surface area is 155 Å². The third kappa shape index (κ3) is 4.69. The van der Waals surface area contributed by atoms with E-state index >= 15 is 0 Å². The third-order valence-corrected chi connectivity index (χ3v) is 4.10. The highest BCUT2D eigenvalue weighted by Crippen LogP contribution is 2.39. The van der Waals surface area contributed by atoms with Gasteiger partial charge in [-0.15, -0.1) is 5.10 Å². The van der Waals surface area contributed by atoms with Crippen LogP contribution in [-0.2, 0) is 10.8 Å². The molecule has 0 saturated heterocycles. The molecule has 5 heteroatoms. The SMILES string of the molecule is CC(C)(C)c1cc(/C=N/N=C(\N)c2ccncc2)cc(C(C)(C)C)c1O. The summed E-state index contributed by atoms with van der Waals surface area (Å²) in [4.78, 5) is 3.96. The summed E-state index contributed by atoms with van der Waals surface area (Å²) in [5, 5.41) is 18.9. The molecule has 3 N–H and O–H groups in total. The highest BCUT2D eigenvalue weighted by molar-refractivity contribution is 5.97. The van der Waals surface area contributed by atoms with Crippen molar-refractivity contribution in [3.8, 4) is 5.75 Å². The maximum atomic E-state index is 10.7. The lowest BCUT2D eigenvalue weighted by molar-refractivity contribution is 0.423. The predicted molar refractivity (Wildman–Crippen MR) is 108 cm³/mol. The largest absolute Gasteiger partial charge is 0.507 e. The summed E-state index contributed by atoms with van der Waals surface area (Å²) in [7, 11) is 0. The zero-order valence-corrected chi connectivity index (χ0v) is 16.4. The van der Waals surface area contributed by atoms with Crippen molar-refractivity contribution >= 4 is 12.1 Å². The van der Waals surface area contributed by atoms with Gasteiger partial charge in [0.2, 0.25) is 0 Å². The van der Waals surface area contributed by atoms with E-state index in [1.54, 1.807) is 30.7 Å². The van der Waals surface area contributed by atoms with Crippen LogP contribution in [0.15, 0.2) is 46.9 Å². The number of hydrogen-bond donors (Lipinski definition) is 2. The number of phenolic OH excluding ortho intramolecular Hbond substituents is 1. The molecule has 0 aliphatic rings. The topological polar surface area (TPSA) is 83.9 Å². The number of nitrogens with two attached hydrogens (primary N) is 1. The van der Waals surface area contributed by atoms with Crippen LogP contribution in [0.1, 0.15) is 63.8 Å². The molecule has 1 heterocycles. The van der Waals surface area contributed by atoms with Gasteiger partial charge in [0, 0.05) is 29.1 Å². The number of amidine groups is 1. The quantitative estimate of drug-likeness (QED) is 0.495. The van der Waals surface area contributed by atoms with Crippen LogP contribution in [0.5, 0.6) is 5.75 Å². The van der Waals surface area contributed by atoms with Crippen molar-refractivity contribution in [1.82, 2.24) is 4.98 Å². The van der Waals surface area contributed by atoms with Gasteiger partial charge in [0.1, 0.15) is 5.75 Å². The number of rotatable bonds is 3. The lowest BCUT2D eigenvalue weighted by Crippen LogP contribution is -2.17. The Morgan fingerprint density at radius 2 is 1.50 bits per heavy atom. The second kappa shape index (κ2) is 7.28. The average Bonchev–Trinajstić information content (AvgIpc) is 2.54. The van der Waals surface area contributed by atoms with Crippen LogP contribution in [0.25, 0.3) is 0 Å². The van der Waals surface area contributed by atoms with E-state index in [4.69, 9.17) is 5.73 Å². The van der Waals surface area contributed by atoms with Crippen molar-refractivity contribution in [2.45, 2.75) is 52.4 Å². The average molecular weight is 352 g/mol. The Morgan fingerprint density at radius 1 is 1.00 bits per heavy atom. The Balaban J connectivity index is 2.43. The minimum Gasteiger partial charge on any atom is -0.507 e. The fourth-order valence-electron chi connectivity index (χ4n) is 2.61. The van der Waals surface area contributed by atoms with Crippen LogP contribution in [0, 0.1) is 0 Å². The molecular formula is C21H28N4O. The molecule has 0 radical (unpaired) electrons. The highest BCUT2D eigenvalue weighted by Gasteiger charge is 2.26. The van der Waals surface area contributed by atoms with Crippen LogP contribution < -0.4 is 5.73 Å². The molecule has 26 heavy (non-hydrogen) atoms. The molecule has 0 aliphatic carbocycles. The number of pyridine rings is 1. The smallest absolute Gasteiger partial charge is 0.153 e. The summed E-state index contributed by atoms with van der Waals surface area (Å²) in [6, 6.07) is 7.47. The molecular weight excluding hydrogens is 324 g/mol. The second-order valence-corrected chi connectivity index (χ2v) is 8.43. The Morgan fingerprint density at radius 3 is 1.96 bits per heavy atom. The fourth-order valence-corrected chi connectivity index (χ4v) is 2.61. The zero-order valence-electron chi connectivity index (χ0n) is 16.4. The van der Waals surface area contributed by atoms with E-state index in [9.17, 15) is 5.11 Å². The summed E-state index contributed by atoms with van der Waals surface area (Å²) < 4.78 is 0. The van der Waals surface area contributed by atoms with Crippen LogP contribution in [-0.4, -0.2) is 22.1 Å². The van der Waals surface area contributed by atoms with Crippen molar-refractivity contribution in [3.05, 3.63) is 58.9 Å². The van der Waals surface area contributed by atoms with Crippen molar-refractivity contribution in [3.63, 3.8) is 0 Å². The molecule has 0 aliphatic heterocycles. The van der Waals surface area contributed by atoms with E-state index in [0.717, 1.165) is 22.3 Å². The summed E-state index contributed by atoms with van der Waals surface area (Å²) in [5.74, 6) is 0.677. The first-order chi connectivity index (χ1) is 12.0. The van der Waals surface area contributed by atoms with E-state index in [1.807, 2.05) is 12.1 Å². The van der Waals surface area contributed by atoms with Gasteiger partial charge in [0.15, 0.2) is 5.84 Å². The molecule has 138 valence electrons. The molecule has 0 saturated carbocycles. The molecule has 2 aromatic rings. The van der Waals surface area contributed by atoms with Gasteiger partial charge in [-0.2, -0.15) is 5.10 Å². The lowest BCUT2D eigenvalue weighted by atomic mass is 9.78. The Hall–Kier alpha value is -2.69. The molecule has 0 fully saturated rings.